The van der Waals surface area contributed by atoms with Crippen molar-refractivity contribution >= 4 is 35.5 Å². The van der Waals surface area contributed by atoms with Crippen LogP contribution in [0.25, 0.3) is 16.8 Å². The van der Waals surface area contributed by atoms with Gasteiger partial charge in [0.1, 0.15) is 18.0 Å². The highest BCUT2D eigenvalue weighted by Crippen LogP contribution is 2.32. The van der Waals surface area contributed by atoms with Gasteiger partial charge in [0.2, 0.25) is 5.91 Å². The quantitative estimate of drug-likeness (QED) is 0.465. The van der Waals surface area contributed by atoms with E-state index in [9.17, 15) is 4.79 Å². The molecule has 8 heteroatoms. The van der Waals surface area contributed by atoms with E-state index in [2.05, 4.69) is 15.3 Å². The summed E-state index contributed by atoms with van der Waals surface area (Å²) >= 11 is 6.36. The smallest absolute Gasteiger partial charge is 0.222 e. The first-order valence-corrected chi connectivity index (χ1v) is 8.41. The third-order valence-electron chi connectivity index (χ3n) is 3.82. The number of aromatic nitrogens is 2. The van der Waals surface area contributed by atoms with Crippen molar-refractivity contribution < 1.29 is 4.79 Å². The first-order chi connectivity index (χ1) is 13.0. The van der Waals surface area contributed by atoms with Crippen LogP contribution in [0, 0.1) is 5.41 Å². The van der Waals surface area contributed by atoms with Crippen LogP contribution >= 0.6 is 11.6 Å². The van der Waals surface area contributed by atoms with Crippen LogP contribution in [0.1, 0.15) is 12.5 Å². The summed E-state index contributed by atoms with van der Waals surface area (Å²) in [6.07, 6.45) is 6.17. The second-order valence-electron chi connectivity index (χ2n) is 5.70. The number of halogens is 1. The number of amides is 1. The summed E-state index contributed by atoms with van der Waals surface area (Å²) in [5.41, 5.74) is 9.05. The number of nitrogens with two attached hydrogens (primary N) is 1. The molecule has 136 valence electrons. The van der Waals surface area contributed by atoms with E-state index in [1.165, 1.54) is 6.92 Å². The number of amidine groups is 1. The van der Waals surface area contributed by atoms with E-state index in [0.717, 1.165) is 23.2 Å². The van der Waals surface area contributed by atoms with Crippen molar-refractivity contribution in [1.29, 1.82) is 5.41 Å². The first-order valence-electron chi connectivity index (χ1n) is 8.03. The number of benzene rings is 1. The van der Waals surface area contributed by atoms with Gasteiger partial charge in [0.25, 0.3) is 0 Å². The zero-order chi connectivity index (χ0) is 19.4. The lowest BCUT2D eigenvalue weighted by molar-refractivity contribution is -0.114. The van der Waals surface area contributed by atoms with Gasteiger partial charge in [0.15, 0.2) is 0 Å². The lowest BCUT2D eigenvalue weighted by Gasteiger charge is -2.06. The summed E-state index contributed by atoms with van der Waals surface area (Å²) in [4.78, 5) is 19.3. The average molecular weight is 381 g/mol. The number of carbonyl (C=O) groups excluding carboxylic acids is 1. The fourth-order valence-corrected chi connectivity index (χ4v) is 2.91. The van der Waals surface area contributed by atoms with Crippen LogP contribution < -0.4 is 11.1 Å². The number of carbonyl (C=O) groups is 1. The molecule has 0 bridgehead atoms. The fourth-order valence-electron chi connectivity index (χ4n) is 2.67. The Hall–Kier alpha value is -3.45. The monoisotopic (exact) mass is 380 g/mol. The topological polar surface area (TPSA) is 109 Å². The molecular formula is C19H17ClN6O. The summed E-state index contributed by atoms with van der Waals surface area (Å²) in [7, 11) is 0. The Balaban J connectivity index is 2.15. The van der Waals surface area contributed by atoms with E-state index in [-0.39, 0.29) is 11.7 Å². The molecular weight excluding hydrogens is 364 g/mol. The van der Waals surface area contributed by atoms with Crippen LogP contribution in [0.2, 0.25) is 5.02 Å². The summed E-state index contributed by atoms with van der Waals surface area (Å²) in [5.74, 6) is 0.442. The third-order valence-corrected chi connectivity index (χ3v) is 4.15. The minimum Gasteiger partial charge on any atom is -0.383 e. The number of anilines is 1. The van der Waals surface area contributed by atoms with E-state index in [0.29, 0.717) is 16.4 Å². The molecule has 0 unspecified atom stereocenters. The molecule has 0 radical (unpaired) electrons. The molecule has 4 N–H and O–H groups in total. The molecule has 0 aliphatic carbocycles. The predicted molar refractivity (Wildman–Crippen MR) is 108 cm³/mol. The van der Waals surface area contributed by atoms with Crippen LogP contribution in [-0.2, 0) is 4.79 Å². The molecule has 27 heavy (non-hydrogen) atoms. The van der Waals surface area contributed by atoms with Crippen molar-refractivity contribution in [3.8, 4) is 16.8 Å². The maximum Gasteiger partial charge on any atom is 0.222 e. The molecule has 1 amide bonds. The van der Waals surface area contributed by atoms with Crippen molar-refractivity contribution in [3.63, 3.8) is 0 Å². The van der Waals surface area contributed by atoms with Crippen LogP contribution in [0.4, 0.5) is 5.82 Å². The van der Waals surface area contributed by atoms with E-state index in [1.54, 1.807) is 30.6 Å². The van der Waals surface area contributed by atoms with Crippen LogP contribution in [0.5, 0.6) is 0 Å². The summed E-state index contributed by atoms with van der Waals surface area (Å²) in [6, 6.07) is 11.0. The molecule has 2 aromatic heterocycles. The second kappa shape index (κ2) is 7.84. The fraction of sp³-hybridized carbons (Fsp3) is 0.0526. The van der Waals surface area contributed by atoms with Crippen molar-refractivity contribution in [3.05, 3.63) is 65.6 Å². The van der Waals surface area contributed by atoms with Crippen molar-refractivity contribution in [2.24, 2.45) is 10.7 Å². The molecule has 0 aliphatic heterocycles. The molecule has 0 saturated heterocycles. The van der Waals surface area contributed by atoms with Gasteiger partial charge >= 0.3 is 0 Å². The zero-order valence-electron chi connectivity index (χ0n) is 14.5. The predicted octanol–water partition coefficient (Wildman–Crippen LogP) is 3.46. The van der Waals surface area contributed by atoms with Crippen molar-refractivity contribution in [2.75, 3.05) is 5.32 Å². The molecule has 0 saturated carbocycles. The summed E-state index contributed by atoms with van der Waals surface area (Å²) in [5, 5.41) is 10.4. The van der Waals surface area contributed by atoms with E-state index in [4.69, 9.17) is 22.7 Å². The van der Waals surface area contributed by atoms with Gasteiger partial charge in [-0.25, -0.2) is 9.98 Å². The SMILES string of the molecule is CC(=O)Nc1cc(-n2cc(C(N)=NC=N)c(-c3ccccc3Cl)c2)ccn1. The average Bonchev–Trinajstić information content (AvgIpc) is 3.07. The maximum atomic E-state index is 11.3. The first kappa shape index (κ1) is 18.3. The van der Waals surface area contributed by atoms with E-state index in [1.807, 2.05) is 29.0 Å². The second-order valence-corrected chi connectivity index (χ2v) is 6.10. The molecule has 1 aromatic carbocycles. The van der Waals surface area contributed by atoms with Gasteiger partial charge in [-0.3, -0.25) is 10.2 Å². The Morgan fingerprint density at radius 2 is 2.07 bits per heavy atom. The van der Waals surface area contributed by atoms with Crippen LogP contribution in [-0.4, -0.2) is 27.6 Å². The minimum absolute atomic E-state index is 0.202. The lowest BCUT2D eigenvalue weighted by atomic mass is 10.0. The largest absolute Gasteiger partial charge is 0.383 e. The highest BCUT2D eigenvalue weighted by atomic mass is 35.5. The van der Waals surface area contributed by atoms with Gasteiger partial charge in [-0.2, -0.15) is 0 Å². The number of pyridine rings is 1. The standard InChI is InChI=1S/C19H17ClN6O/c1-12(27)25-18-8-13(6-7-23-18)26-9-15(14-4-2-3-5-17(14)20)16(10-26)19(22)24-11-21/h2-11H,1H3,(H3,21,22,24)(H,23,25,27). The highest BCUT2D eigenvalue weighted by Gasteiger charge is 2.15. The number of rotatable bonds is 5. The van der Waals surface area contributed by atoms with Gasteiger partial charge in [0, 0.05) is 53.3 Å². The Bertz CT molecular complexity index is 1040. The van der Waals surface area contributed by atoms with Gasteiger partial charge in [-0.15, -0.1) is 0 Å². The maximum absolute atomic E-state index is 11.3. The van der Waals surface area contributed by atoms with E-state index >= 15 is 0 Å². The summed E-state index contributed by atoms with van der Waals surface area (Å²) in [6.45, 7) is 1.42. The number of nitrogens with zero attached hydrogens (tertiary/aromatic N) is 3. The third kappa shape index (κ3) is 4.04. The lowest BCUT2D eigenvalue weighted by Crippen LogP contribution is -2.13. The Morgan fingerprint density at radius 3 is 2.78 bits per heavy atom. The number of aliphatic imine (C=N–C) groups is 1. The van der Waals surface area contributed by atoms with Gasteiger partial charge in [-0.1, -0.05) is 29.8 Å². The minimum atomic E-state index is -0.202. The molecule has 0 fully saturated rings. The van der Waals surface area contributed by atoms with E-state index < -0.39 is 0 Å². The Morgan fingerprint density at radius 1 is 1.30 bits per heavy atom. The molecule has 0 atom stereocenters. The molecule has 3 rings (SSSR count). The molecule has 7 nitrogen and oxygen atoms in total. The number of nitrogens with one attached hydrogen (secondary N) is 2. The molecule has 0 spiro atoms. The van der Waals surface area contributed by atoms with Gasteiger partial charge < -0.3 is 15.6 Å². The molecule has 0 aliphatic rings. The number of hydrogen-bond donors (Lipinski definition) is 3. The normalized spacial score (nSPS) is 11.3. The molecule has 2 heterocycles. The zero-order valence-corrected chi connectivity index (χ0v) is 15.2. The Kier molecular flexibility index (Phi) is 5.33. The highest BCUT2D eigenvalue weighted by molar-refractivity contribution is 6.33. The summed E-state index contributed by atoms with van der Waals surface area (Å²) < 4.78 is 1.84. The van der Waals surface area contributed by atoms with Gasteiger partial charge in [0.05, 0.1) is 5.69 Å². The Labute approximate surface area is 161 Å². The van der Waals surface area contributed by atoms with Gasteiger partial charge in [-0.05, 0) is 12.1 Å². The van der Waals surface area contributed by atoms with Crippen molar-refractivity contribution in [2.45, 2.75) is 6.92 Å². The number of hydrogen-bond acceptors (Lipinski definition) is 3. The van der Waals surface area contributed by atoms with Crippen molar-refractivity contribution in [1.82, 2.24) is 9.55 Å². The molecule has 3 aromatic rings. The van der Waals surface area contributed by atoms with Crippen LogP contribution in [0.3, 0.4) is 0 Å². The van der Waals surface area contributed by atoms with Crippen LogP contribution in [0.15, 0.2) is 60.0 Å².